The van der Waals surface area contributed by atoms with E-state index in [1.165, 1.54) is 4.90 Å². The maximum absolute atomic E-state index is 13.3. The van der Waals surface area contributed by atoms with Crippen LogP contribution in [0.25, 0.3) is 0 Å². The lowest BCUT2D eigenvalue weighted by Gasteiger charge is -2.37. The summed E-state index contributed by atoms with van der Waals surface area (Å²) in [5.74, 6) is -1.24. The van der Waals surface area contributed by atoms with Gasteiger partial charge in [-0.05, 0) is 43.0 Å². The highest BCUT2D eigenvalue weighted by Crippen LogP contribution is 2.34. The fourth-order valence-electron chi connectivity index (χ4n) is 4.00. The number of para-hydroxylation sites is 2. The van der Waals surface area contributed by atoms with E-state index in [4.69, 9.17) is 0 Å². The second-order valence-corrected chi connectivity index (χ2v) is 9.58. The van der Waals surface area contributed by atoms with Crippen molar-refractivity contribution in [2.24, 2.45) is 5.92 Å². The zero-order valence-corrected chi connectivity index (χ0v) is 16.2. The summed E-state index contributed by atoms with van der Waals surface area (Å²) in [6, 6.07) is 16.0. The summed E-state index contributed by atoms with van der Waals surface area (Å²) in [7, 11) is -3.19. The number of rotatable bonds is 3. The van der Waals surface area contributed by atoms with E-state index >= 15 is 0 Å². The van der Waals surface area contributed by atoms with E-state index in [0.717, 1.165) is 5.56 Å². The minimum atomic E-state index is -3.19. The first kappa shape index (κ1) is 18.7. The highest BCUT2D eigenvalue weighted by molar-refractivity contribution is 7.91. The van der Waals surface area contributed by atoms with Crippen molar-refractivity contribution in [2.45, 2.75) is 25.3 Å². The number of aryl methyl sites for hydroxylation is 1. The number of fused-ring (bicyclic) bond motifs is 1. The monoisotopic (exact) mass is 398 g/mol. The van der Waals surface area contributed by atoms with Crippen molar-refractivity contribution in [3.63, 3.8) is 0 Å². The molecule has 2 amide bonds. The molecule has 0 radical (unpaired) electrons. The minimum absolute atomic E-state index is 0.0276. The van der Waals surface area contributed by atoms with Gasteiger partial charge >= 0.3 is 0 Å². The zero-order chi connectivity index (χ0) is 19.7. The second kappa shape index (κ2) is 7.39. The quantitative estimate of drug-likeness (QED) is 0.861. The third kappa shape index (κ3) is 3.67. The summed E-state index contributed by atoms with van der Waals surface area (Å²) < 4.78 is 23.8. The van der Waals surface area contributed by atoms with Crippen LogP contribution in [0.15, 0.2) is 54.6 Å². The van der Waals surface area contributed by atoms with Crippen LogP contribution in [0.1, 0.15) is 18.4 Å². The molecule has 4 rings (SSSR count). The Bertz CT molecular complexity index is 1000. The SMILES string of the molecule is O=C(Nc1ccccc1)[C@H]1CCc2ccccc2N1C(=O)[C@@H]1CCS(=O)(=O)C1. The summed E-state index contributed by atoms with van der Waals surface area (Å²) in [5, 5.41) is 2.88. The first-order valence-corrected chi connectivity index (χ1v) is 11.2. The Morgan fingerprint density at radius 3 is 2.39 bits per heavy atom. The molecule has 0 unspecified atom stereocenters. The molecule has 1 saturated heterocycles. The zero-order valence-electron chi connectivity index (χ0n) is 15.4. The molecule has 2 atom stereocenters. The fraction of sp³-hybridized carbons (Fsp3) is 0.333. The summed E-state index contributed by atoms with van der Waals surface area (Å²) >= 11 is 0. The number of carbonyl (C=O) groups excluding carboxylic acids is 2. The predicted octanol–water partition coefficient (Wildman–Crippen LogP) is 2.41. The van der Waals surface area contributed by atoms with Gasteiger partial charge in [-0.1, -0.05) is 36.4 Å². The molecule has 2 heterocycles. The molecule has 0 saturated carbocycles. The highest BCUT2D eigenvalue weighted by atomic mass is 32.2. The van der Waals surface area contributed by atoms with Gasteiger partial charge in [-0.15, -0.1) is 0 Å². The largest absolute Gasteiger partial charge is 0.324 e. The number of nitrogens with zero attached hydrogens (tertiary/aromatic N) is 1. The van der Waals surface area contributed by atoms with Crippen molar-refractivity contribution in [2.75, 3.05) is 21.7 Å². The Labute approximate surface area is 164 Å². The van der Waals surface area contributed by atoms with Crippen molar-refractivity contribution in [1.82, 2.24) is 0 Å². The molecule has 146 valence electrons. The average Bonchev–Trinajstić information content (AvgIpc) is 3.07. The lowest BCUT2D eigenvalue weighted by molar-refractivity contribution is -0.126. The van der Waals surface area contributed by atoms with Crippen LogP contribution in [0, 0.1) is 5.92 Å². The van der Waals surface area contributed by atoms with E-state index in [-0.39, 0.29) is 23.3 Å². The van der Waals surface area contributed by atoms with Gasteiger partial charge in [-0.3, -0.25) is 14.5 Å². The van der Waals surface area contributed by atoms with E-state index in [1.807, 2.05) is 42.5 Å². The number of nitrogens with one attached hydrogen (secondary N) is 1. The molecule has 7 heteroatoms. The van der Waals surface area contributed by atoms with E-state index in [0.29, 0.717) is 30.6 Å². The van der Waals surface area contributed by atoms with Crippen LogP contribution < -0.4 is 10.2 Å². The van der Waals surface area contributed by atoms with Crippen LogP contribution in [0.3, 0.4) is 0 Å². The van der Waals surface area contributed by atoms with E-state index < -0.39 is 21.8 Å². The maximum atomic E-state index is 13.3. The highest BCUT2D eigenvalue weighted by Gasteiger charge is 2.42. The summed E-state index contributed by atoms with van der Waals surface area (Å²) in [5.41, 5.74) is 2.37. The molecule has 0 aliphatic carbocycles. The molecule has 1 fully saturated rings. The number of benzene rings is 2. The molecular weight excluding hydrogens is 376 g/mol. The normalized spacial score (nSPS) is 23.1. The lowest BCUT2D eigenvalue weighted by Crippen LogP contribution is -2.52. The van der Waals surface area contributed by atoms with Crippen LogP contribution in [-0.2, 0) is 25.8 Å². The molecule has 2 aliphatic heterocycles. The predicted molar refractivity (Wildman–Crippen MR) is 108 cm³/mol. The summed E-state index contributed by atoms with van der Waals surface area (Å²) in [6.07, 6.45) is 1.50. The first-order chi connectivity index (χ1) is 13.4. The van der Waals surface area contributed by atoms with Crippen LogP contribution in [0.2, 0.25) is 0 Å². The topological polar surface area (TPSA) is 83.6 Å². The van der Waals surface area contributed by atoms with Gasteiger partial charge in [0.2, 0.25) is 11.8 Å². The lowest BCUT2D eigenvalue weighted by atomic mass is 9.93. The third-order valence-electron chi connectivity index (χ3n) is 5.41. The number of anilines is 2. The number of hydrogen-bond donors (Lipinski definition) is 1. The van der Waals surface area contributed by atoms with E-state index in [2.05, 4.69) is 5.32 Å². The van der Waals surface area contributed by atoms with E-state index in [1.54, 1.807) is 12.1 Å². The summed E-state index contributed by atoms with van der Waals surface area (Å²) in [6.45, 7) is 0. The van der Waals surface area contributed by atoms with Gasteiger partial charge in [0.15, 0.2) is 9.84 Å². The number of sulfone groups is 1. The van der Waals surface area contributed by atoms with Crippen molar-refractivity contribution in [1.29, 1.82) is 0 Å². The van der Waals surface area contributed by atoms with E-state index in [9.17, 15) is 18.0 Å². The molecular formula is C21H22N2O4S. The molecule has 0 spiro atoms. The molecule has 1 N–H and O–H groups in total. The van der Waals surface area contributed by atoms with Crippen LogP contribution in [-0.4, -0.2) is 37.8 Å². The Morgan fingerprint density at radius 2 is 1.68 bits per heavy atom. The molecule has 6 nitrogen and oxygen atoms in total. The van der Waals surface area contributed by atoms with Crippen molar-refractivity contribution in [3.8, 4) is 0 Å². The van der Waals surface area contributed by atoms with Crippen molar-refractivity contribution < 1.29 is 18.0 Å². The number of hydrogen-bond acceptors (Lipinski definition) is 4. The average molecular weight is 398 g/mol. The summed E-state index contributed by atoms with van der Waals surface area (Å²) in [4.78, 5) is 27.8. The minimum Gasteiger partial charge on any atom is -0.324 e. The van der Waals surface area contributed by atoms with Crippen LogP contribution in [0.5, 0.6) is 0 Å². The van der Waals surface area contributed by atoms with Gasteiger partial charge in [-0.2, -0.15) is 0 Å². The standard InChI is InChI=1S/C21H22N2O4S/c24-20(22-17-7-2-1-3-8-17)19-11-10-15-6-4-5-9-18(15)23(19)21(25)16-12-13-28(26,27)14-16/h1-9,16,19H,10-14H2,(H,22,24)/t16-,19-/m1/s1. The Morgan fingerprint density at radius 1 is 0.964 bits per heavy atom. The van der Waals surface area contributed by atoms with Gasteiger partial charge in [0, 0.05) is 11.4 Å². The van der Waals surface area contributed by atoms with Gasteiger partial charge in [0.05, 0.1) is 17.4 Å². The molecule has 2 aliphatic rings. The maximum Gasteiger partial charge on any atom is 0.247 e. The number of amides is 2. The first-order valence-electron chi connectivity index (χ1n) is 9.42. The molecule has 2 aromatic carbocycles. The molecule has 28 heavy (non-hydrogen) atoms. The second-order valence-electron chi connectivity index (χ2n) is 7.35. The third-order valence-corrected chi connectivity index (χ3v) is 7.18. The Hall–Kier alpha value is -2.67. The smallest absolute Gasteiger partial charge is 0.247 e. The fourth-order valence-corrected chi connectivity index (χ4v) is 5.73. The van der Waals surface area contributed by atoms with Crippen LogP contribution >= 0.6 is 0 Å². The molecule has 0 aromatic heterocycles. The van der Waals surface area contributed by atoms with Crippen molar-refractivity contribution >= 4 is 33.0 Å². The van der Waals surface area contributed by atoms with Gasteiger partial charge < -0.3 is 5.32 Å². The van der Waals surface area contributed by atoms with Gasteiger partial charge in [-0.25, -0.2) is 8.42 Å². The van der Waals surface area contributed by atoms with Crippen LogP contribution in [0.4, 0.5) is 11.4 Å². The molecule has 2 aromatic rings. The van der Waals surface area contributed by atoms with Gasteiger partial charge in [0.25, 0.3) is 0 Å². The Kier molecular flexibility index (Phi) is 4.93. The van der Waals surface area contributed by atoms with Gasteiger partial charge in [0.1, 0.15) is 6.04 Å². The molecule has 0 bridgehead atoms. The Balaban J connectivity index is 1.65. The van der Waals surface area contributed by atoms with Crippen molar-refractivity contribution in [3.05, 3.63) is 60.2 Å². The number of carbonyl (C=O) groups is 2.